The average Bonchev–Trinajstić information content (AvgIpc) is 3.32. The number of amides is 1. The molecule has 150 valence electrons. The summed E-state index contributed by atoms with van der Waals surface area (Å²) >= 11 is 0. The Morgan fingerprint density at radius 3 is 2.69 bits per heavy atom. The van der Waals surface area contributed by atoms with E-state index in [4.69, 9.17) is 9.15 Å². The van der Waals surface area contributed by atoms with Crippen molar-refractivity contribution in [1.29, 1.82) is 0 Å². The molecule has 29 heavy (non-hydrogen) atoms. The van der Waals surface area contributed by atoms with Crippen LogP contribution in [0.5, 0.6) is 0 Å². The van der Waals surface area contributed by atoms with E-state index in [0.29, 0.717) is 37.1 Å². The van der Waals surface area contributed by atoms with Crippen molar-refractivity contribution in [3.05, 3.63) is 88.9 Å². The molecule has 5 heteroatoms. The molecule has 3 aromatic rings. The molecule has 2 heterocycles. The second-order valence-electron chi connectivity index (χ2n) is 7.50. The van der Waals surface area contributed by atoms with Gasteiger partial charge >= 0.3 is 0 Å². The maximum atomic E-state index is 12.8. The van der Waals surface area contributed by atoms with Gasteiger partial charge in [-0.05, 0) is 42.2 Å². The highest BCUT2D eigenvalue weighted by molar-refractivity contribution is 5.95. The molecule has 1 aliphatic rings. The first-order valence-electron chi connectivity index (χ1n) is 9.91. The standard InChI is InChI=1S/C24H26N2O3/c1-17-13-20-5-3-4-6-22(20)26(17)15-23-21(11-12-29-23)24(27)25-14-18-7-9-19(10-8-18)16-28-2/h3-12,17H,13-16H2,1-2H3,(H,25,27). The average molecular weight is 390 g/mol. The molecular weight excluding hydrogens is 364 g/mol. The van der Waals surface area contributed by atoms with Gasteiger partial charge in [-0.2, -0.15) is 0 Å². The van der Waals surface area contributed by atoms with Crippen molar-refractivity contribution >= 4 is 11.6 Å². The third-order valence-electron chi connectivity index (χ3n) is 5.44. The summed E-state index contributed by atoms with van der Waals surface area (Å²) in [5, 5.41) is 3.00. The van der Waals surface area contributed by atoms with Crippen molar-refractivity contribution in [3.63, 3.8) is 0 Å². The van der Waals surface area contributed by atoms with E-state index in [9.17, 15) is 4.79 Å². The van der Waals surface area contributed by atoms with Crippen LogP contribution in [-0.4, -0.2) is 19.1 Å². The number of fused-ring (bicyclic) bond motifs is 1. The Kier molecular flexibility index (Phi) is 5.67. The summed E-state index contributed by atoms with van der Waals surface area (Å²) in [5.41, 5.74) is 5.32. The van der Waals surface area contributed by atoms with Gasteiger partial charge in [0.2, 0.25) is 0 Å². The largest absolute Gasteiger partial charge is 0.467 e. The Morgan fingerprint density at radius 2 is 1.90 bits per heavy atom. The van der Waals surface area contributed by atoms with Crippen molar-refractivity contribution < 1.29 is 13.9 Å². The summed E-state index contributed by atoms with van der Waals surface area (Å²) in [7, 11) is 1.68. The molecule has 1 N–H and O–H groups in total. The maximum Gasteiger partial charge on any atom is 0.255 e. The number of ether oxygens (including phenoxy) is 1. The van der Waals surface area contributed by atoms with Crippen LogP contribution in [0.4, 0.5) is 5.69 Å². The van der Waals surface area contributed by atoms with Gasteiger partial charge in [-0.15, -0.1) is 0 Å². The summed E-state index contributed by atoms with van der Waals surface area (Å²) in [5.74, 6) is 0.580. The van der Waals surface area contributed by atoms with Crippen LogP contribution < -0.4 is 10.2 Å². The number of para-hydroxylation sites is 1. The Labute approximate surface area is 171 Å². The first kappa shape index (κ1) is 19.3. The van der Waals surface area contributed by atoms with Crippen molar-refractivity contribution in [2.75, 3.05) is 12.0 Å². The van der Waals surface area contributed by atoms with E-state index < -0.39 is 0 Å². The Bertz CT molecular complexity index is 978. The highest BCUT2D eigenvalue weighted by Crippen LogP contribution is 2.33. The predicted octanol–water partition coefficient (Wildman–Crippen LogP) is 4.31. The minimum Gasteiger partial charge on any atom is -0.467 e. The lowest BCUT2D eigenvalue weighted by Gasteiger charge is -2.24. The number of anilines is 1. The molecule has 0 saturated heterocycles. The molecule has 0 saturated carbocycles. The number of benzene rings is 2. The maximum absolute atomic E-state index is 12.8. The molecule has 0 spiro atoms. The summed E-state index contributed by atoms with van der Waals surface area (Å²) in [6.07, 6.45) is 2.61. The molecule has 1 unspecified atom stereocenters. The molecule has 1 aliphatic heterocycles. The number of rotatable bonds is 7. The van der Waals surface area contributed by atoms with Gasteiger partial charge in [0.05, 0.1) is 25.0 Å². The molecular formula is C24H26N2O3. The van der Waals surface area contributed by atoms with Crippen molar-refractivity contribution in [2.45, 2.75) is 39.1 Å². The highest BCUT2D eigenvalue weighted by Gasteiger charge is 2.27. The van der Waals surface area contributed by atoms with Gasteiger partial charge < -0.3 is 19.4 Å². The van der Waals surface area contributed by atoms with E-state index >= 15 is 0 Å². The molecule has 0 fully saturated rings. The number of methoxy groups -OCH3 is 1. The molecule has 0 bridgehead atoms. The van der Waals surface area contributed by atoms with Crippen LogP contribution in [0.25, 0.3) is 0 Å². The van der Waals surface area contributed by atoms with Gasteiger partial charge in [-0.1, -0.05) is 42.5 Å². The minimum atomic E-state index is -0.116. The fourth-order valence-electron chi connectivity index (χ4n) is 3.89. The van der Waals surface area contributed by atoms with Crippen LogP contribution in [0, 0.1) is 0 Å². The van der Waals surface area contributed by atoms with Crippen molar-refractivity contribution in [1.82, 2.24) is 5.32 Å². The third kappa shape index (κ3) is 4.20. The Morgan fingerprint density at radius 1 is 1.14 bits per heavy atom. The molecule has 4 rings (SSSR count). The van der Waals surface area contributed by atoms with Crippen molar-refractivity contribution in [3.8, 4) is 0 Å². The van der Waals surface area contributed by atoms with E-state index in [0.717, 1.165) is 17.5 Å². The fraction of sp³-hybridized carbons (Fsp3) is 0.292. The number of carbonyl (C=O) groups is 1. The molecule has 1 amide bonds. The number of nitrogens with one attached hydrogen (secondary N) is 1. The molecule has 0 aliphatic carbocycles. The SMILES string of the molecule is COCc1ccc(CNC(=O)c2ccoc2CN2c3ccccc3CC2C)cc1. The lowest BCUT2D eigenvalue weighted by molar-refractivity contribution is 0.0949. The zero-order chi connectivity index (χ0) is 20.2. The van der Waals surface area contributed by atoms with Gasteiger partial charge in [0.1, 0.15) is 5.76 Å². The number of hydrogen-bond acceptors (Lipinski definition) is 4. The van der Waals surface area contributed by atoms with Crippen molar-refractivity contribution in [2.24, 2.45) is 0 Å². The number of hydrogen-bond donors (Lipinski definition) is 1. The first-order valence-corrected chi connectivity index (χ1v) is 9.91. The van der Waals surface area contributed by atoms with Crippen LogP contribution in [0.3, 0.4) is 0 Å². The number of nitrogens with zero attached hydrogens (tertiary/aromatic N) is 1. The van der Waals surface area contributed by atoms with Crippen LogP contribution >= 0.6 is 0 Å². The van der Waals surface area contributed by atoms with Gasteiger partial charge in [-0.25, -0.2) is 0 Å². The van der Waals surface area contributed by atoms with Crippen LogP contribution in [0.1, 0.15) is 39.7 Å². The summed E-state index contributed by atoms with van der Waals surface area (Å²) in [6, 6.07) is 18.6. The summed E-state index contributed by atoms with van der Waals surface area (Å²) in [4.78, 5) is 15.1. The zero-order valence-corrected chi connectivity index (χ0v) is 16.9. The topological polar surface area (TPSA) is 54.7 Å². The summed E-state index contributed by atoms with van der Waals surface area (Å²) in [6.45, 7) is 3.85. The first-order chi connectivity index (χ1) is 14.2. The molecule has 1 atom stereocenters. The lowest BCUT2D eigenvalue weighted by atomic mass is 10.1. The second-order valence-corrected chi connectivity index (χ2v) is 7.50. The molecule has 5 nitrogen and oxygen atoms in total. The van der Waals surface area contributed by atoms with E-state index in [1.807, 2.05) is 24.3 Å². The summed E-state index contributed by atoms with van der Waals surface area (Å²) < 4.78 is 10.8. The van der Waals surface area contributed by atoms with Crippen LogP contribution in [-0.2, 0) is 30.9 Å². The lowest BCUT2D eigenvalue weighted by Crippen LogP contribution is -2.30. The van der Waals surface area contributed by atoms with E-state index in [1.54, 1.807) is 19.4 Å². The Balaban J connectivity index is 1.42. The van der Waals surface area contributed by atoms with Crippen LogP contribution in [0.2, 0.25) is 0 Å². The third-order valence-corrected chi connectivity index (χ3v) is 5.44. The van der Waals surface area contributed by atoms with Crippen LogP contribution in [0.15, 0.2) is 65.3 Å². The predicted molar refractivity (Wildman–Crippen MR) is 113 cm³/mol. The van der Waals surface area contributed by atoms with Gasteiger partial charge in [0.25, 0.3) is 5.91 Å². The van der Waals surface area contributed by atoms with E-state index in [1.165, 1.54) is 11.3 Å². The number of carbonyl (C=O) groups excluding carboxylic acids is 1. The van der Waals surface area contributed by atoms with Gasteiger partial charge in [0.15, 0.2) is 0 Å². The molecule has 2 aromatic carbocycles. The molecule has 0 radical (unpaired) electrons. The Hall–Kier alpha value is -3.05. The van der Waals surface area contributed by atoms with Gasteiger partial charge in [-0.3, -0.25) is 4.79 Å². The van der Waals surface area contributed by atoms with Gasteiger partial charge in [0, 0.05) is 25.4 Å². The molecule has 1 aromatic heterocycles. The minimum absolute atomic E-state index is 0.116. The fourth-order valence-corrected chi connectivity index (χ4v) is 3.89. The number of furan rings is 1. The quantitative estimate of drug-likeness (QED) is 0.653. The zero-order valence-electron chi connectivity index (χ0n) is 16.9. The second kappa shape index (κ2) is 8.53. The monoisotopic (exact) mass is 390 g/mol. The highest BCUT2D eigenvalue weighted by atomic mass is 16.5. The normalized spacial score (nSPS) is 15.4. The smallest absolute Gasteiger partial charge is 0.255 e. The van der Waals surface area contributed by atoms with E-state index in [-0.39, 0.29) is 5.91 Å². The van der Waals surface area contributed by atoms with E-state index in [2.05, 4.69) is 41.4 Å².